The highest BCUT2D eigenvalue weighted by molar-refractivity contribution is 8.26. The molecule has 0 unspecified atom stereocenters. The van der Waals surface area contributed by atoms with Crippen molar-refractivity contribution in [3.63, 3.8) is 0 Å². The highest BCUT2D eigenvalue weighted by atomic mass is 32.2. The van der Waals surface area contributed by atoms with Crippen LogP contribution in [0.25, 0.3) is 17.0 Å². The minimum Gasteiger partial charge on any atom is -0.370 e. The Bertz CT molecular complexity index is 1290. The maximum Gasteiger partial charge on any atom is 0.266 e. The molecule has 184 valence electrons. The van der Waals surface area contributed by atoms with Crippen LogP contribution in [0.3, 0.4) is 0 Å². The summed E-state index contributed by atoms with van der Waals surface area (Å²) in [5.41, 5.74) is 7.53. The number of thioether (sulfide) groups is 1. The fourth-order valence-electron chi connectivity index (χ4n) is 5.63. The maximum absolute atomic E-state index is 13.6. The highest BCUT2D eigenvalue weighted by Crippen LogP contribution is 2.39. The van der Waals surface area contributed by atoms with Crippen LogP contribution in [0.15, 0.2) is 34.0 Å². The number of thiocarbonyl (C=S) groups is 1. The van der Waals surface area contributed by atoms with Crippen molar-refractivity contribution in [2.45, 2.75) is 51.0 Å². The quantitative estimate of drug-likeness (QED) is 0.498. The standard InChI is InChI=1S/C26H30N4O3S2/c1-28-20-10-6-5-9-18(20)22(29-13-11-16(12-14-29)23(27)31)19(24(28)32)15-21-25(33)30(26(34)35-21)17-7-3-2-4-8-17/h5-6,9-10,15-17H,2-4,7-8,11-14H2,1H3,(H2,27,31). The molecular weight excluding hydrogens is 480 g/mol. The van der Waals surface area contributed by atoms with Gasteiger partial charge in [-0.2, -0.15) is 0 Å². The lowest BCUT2D eigenvalue weighted by Crippen LogP contribution is -2.40. The molecule has 3 aliphatic rings. The molecule has 1 saturated carbocycles. The Hall–Kier alpha value is -2.65. The van der Waals surface area contributed by atoms with E-state index in [1.54, 1.807) is 22.6 Å². The number of nitrogens with zero attached hydrogens (tertiary/aromatic N) is 3. The van der Waals surface area contributed by atoms with Gasteiger partial charge in [0.15, 0.2) is 0 Å². The van der Waals surface area contributed by atoms with E-state index < -0.39 is 0 Å². The van der Waals surface area contributed by atoms with E-state index in [9.17, 15) is 14.4 Å². The fourth-order valence-corrected chi connectivity index (χ4v) is 7.01. The minimum atomic E-state index is -0.273. The van der Waals surface area contributed by atoms with Crippen LogP contribution in [0, 0.1) is 5.92 Å². The number of para-hydroxylation sites is 1. The number of aromatic nitrogens is 1. The van der Waals surface area contributed by atoms with Crippen molar-refractivity contribution in [2.75, 3.05) is 18.0 Å². The van der Waals surface area contributed by atoms with E-state index in [0.29, 0.717) is 40.7 Å². The van der Waals surface area contributed by atoms with Gasteiger partial charge in [-0.15, -0.1) is 0 Å². The molecule has 2 aliphatic heterocycles. The van der Waals surface area contributed by atoms with Crippen LogP contribution < -0.4 is 16.2 Å². The third kappa shape index (κ3) is 4.40. The van der Waals surface area contributed by atoms with Gasteiger partial charge in [0, 0.05) is 37.5 Å². The molecule has 2 amide bonds. The van der Waals surface area contributed by atoms with Crippen LogP contribution in [0.2, 0.25) is 0 Å². The number of pyridine rings is 1. The van der Waals surface area contributed by atoms with Crippen molar-refractivity contribution in [3.8, 4) is 0 Å². The normalized spacial score (nSPS) is 21.5. The van der Waals surface area contributed by atoms with Gasteiger partial charge in [-0.1, -0.05) is 61.4 Å². The molecule has 0 bridgehead atoms. The smallest absolute Gasteiger partial charge is 0.266 e. The van der Waals surface area contributed by atoms with Gasteiger partial charge in [-0.05, 0) is 37.8 Å². The lowest BCUT2D eigenvalue weighted by molar-refractivity contribution is -0.124. The van der Waals surface area contributed by atoms with Gasteiger partial charge in [0.05, 0.1) is 21.7 Å². The van der Waals surface area contributed by atoms with Gasteiger partial charge in [0.2, 0.25) is 5.91 Å². The van der Waals surface area contributed by atoms with E-state index in [1.807, 2.05) is 24.3 Å². The molecule has 35 heavy (non-hydrogen) atoms. The molecule has 9 heteroatoms. The van der Waals surface area contributed by atoms with E-state index in [2.05, 4.69) is 4.90 Å². The lowest BCUT2D eigenvalue weighted by atomic mass is 9.94. The first kappa shape index (κ1) is 24.1. The molecular formula is C26H30N4O3S2. The van der Waals surface area contributed by atoms with E-state index in [1.165, 1.54) is 18.2 Å². The summed E-state index contributed by atoms with van der Waals surface area (Å²) < 4.78 is 2.22. The number of anilines is 1. The van der Waals surface area contributed by atoms with Crippen molar-refractivity contribution in [3.05, 3.63) is 45.1 Å². The topological polar surface area (TPSA) is 88.6 Å². The van der Waals surface area contributed by atoms with Gasteiger partial charge in [-0.25, -0.2) is 0 Å². The summed E-state index contributed by atoms with van der Waals surface area (Å²) in [6.45, 7) is 1.24. The predicted molar refractivity (Wildman–Crippen MR) is 145 cm³/mol. The molecule has 7 nitrogen and oxygen atoms in total. The Morgan fingerprint density at radius 1 is 1.09 bits per heavy atom. The van der Waals surface area contributed by atoms with Crippen LogP contribution in [0.1, 0.15) is 50.5 Å². The first-order chi connectivity index (χ1) is 16.9. The summed E-state index contributed by atoms with van der Waals surface area (Å²) in [6, 6.07) is 7.96. The van der Waals surface area contributed by atoms with E-state index in [0.717, 1.165) is 42.3 Å². The van der Waals surface area contributed by atoms with Crippen molar-refractivity contribution in [1.82, 2.24) is 9.47 Å². The number of primary amides is 1. The number of hydrogen-bond acceptors (Lipinski definition) is 6. The number of nitrogens with two attached hydrogens (primary N) is 1. The van der Waals surface area contributed by atoms with Gasteiger partial charge in [0.25, 0.3) is 11.5 Å². The highest BCUT2D eigenvalue weighted by Gasteiger charge is 2.38. The first-order valence-corrected chi connectivity index (χ1v) is 13.5. The zero-order valence-corrected chi connectivity index (χ0v) is 21.5. The molecule has 2 N–H and O–H groups in total. The van der Waals surface area contributed by atoms with Crippen LogP contribution >= 0.6 is 24.0 Å². The molecule has 2 saturated heterocycles. The van der Waals surface area contributed by atoms with Crippen LogP contribution in [-0.2, 0) is 16.6 Å². The van der Waals surface area contributed by atoms with Crippen molar-refractivity contribution < 1.29 is 9.59 Å². The average molecular weight is 511 g/mol. The molecule has 3 fully saturated rings. The molecule has 0 radical (unpaired) electrons. The third-order valence-corrected chi connectivity index (χ3v) is 8.89. The maximum atomic E-state index is 13.6. The number of rotatable bonds is 4. The number of benzene rings is 1. The van der Waals surface area contributed by atoms with E-state index >= 15 is 0 Å². The molecule has 0 atom stereocenters. The summed E-state index contributed by atoms with van der Waals surface area (Å²) in [5, 5.41) is 0.945. The summed E-state index contributed by atoms with van der Waals surface area (Å²) >= 11 is 6.90. The molecule has 1 aromatic carbocycles. The SMILES string of the molecule is Cn1c(=O)c(C=C2SC(=S)N(C3CCCCC3)C2=O)c(N2CCC(C(N)=O)CC2)c2ccccc21. The molecule has 1 aliphatic carbocycles. The molecule has 2 aromatic rings. The van der Waals surface area contributed by atoms with E-state index in [-0.39, 0.29) is 29.3 Å². The lowest BCUT2D eigenvalue weighted by Gasteiger charge is -2.34. The molecule has 1 aromatic heterocycles. The van der Waals surface area contributed by atoms with Crippen molar-refractivity contribution in [2.24, 2.45) is 18.7 Å². The number of hydrogen-bond donors (Lipinski definition) is 1. The minimum absolute atomic E-state index is 0.0968. The summed E-state index contributed by atoms with van der Waals surface area (Å²) in [5.74, 6) is -0.523. The second-order valence-electron chi connectivity index (χ2n) is 9.65. The number of aryl methyl sites for hydroxylation is 1. The fraction of sp³-hybridized carbons (Fsp3) is 0.462. The van der Waals surface area contributed by atoms with Crippen LogP contribution in [-0.4, -0.2) is 44.7 Å². The average Bonchev–Trinajstić information content (AvgIpc) is 3.15. The van der Waals surface area contributed by atoms with Crippen molar-refractivity contribution in [1.29, 1.82) is 0 Å². The molecule has 3 heterocycles. The zero-order chi connectivity index (χ0) is 24.7. The summed E-state index contributed by atoms with van der Waals surface area (Å²) in [4.78, 5) is 43.2. The first-order valence-electron chi connectivity index (χ1n) is 12.3. The van der Waals surface area contributed by atoms with Gasteiger partial charge in [-0.3, -0.25) is 19.3 Å². The second-order valence-corrected chi connectivity index (χ2v) is 11.3. The summed E-state index contributed by atoms with van der Waals surface area (Å²) in [7, 11) is 1.76. The Labute approximate surface area is 214 Å². The van der Waals surface area contributed by atoms with Crippen molar-refractivity contribution >= 4 is 62.8 Å². The number of carbonyl (C=O) groups excluding carboxylic acids is 2. The summed E-state index contributed by atoms with van der Waals surface area (Å²) in [6.07, 6.45) is 8.38. The van der Waals surface area contributed by atoms with E-state index in [4.69, 9.17) is 18.0 Å². The van der Waals surface area contributed by atoms with Crippen LogP contribution in [0.5, 0.6) is 0 Å². The largest absolute Gasteiger partial charge is 0.370 e. The number of amides is 2. The Kier molecular flexibility index (Phi) is 6.72. The predicted octanol–water partition coefficient (Wildman–Crippen LogP) is 3.77. The van der Waals surface area contributed by atoms with Crippen LogP contribution in [0.4, 0.5) is 5.69 Å². The zero-order valence-electron chi connectivity index (χ0n) is 19.9. The monoisotopic (exact) mass is 510 g/mol. The number of piperidine rings is 1. The Morgan fingerprint density at radius 2 is 1.77 bits per heavy atom. The molecule has 0 spiro atoms. The van der Waals surface area contributed by atoms with Gasteiger partial charge < -0.3 is 15.2 Å². The number of carbonyl (C=O) groups is 2. The Morgan fingerprint density at radius 3 is 2.46 bits per heavy atom. The third-order valence-electron chi connectivity index (χ3n) is 7.56. The van der Waals surface area contributed by atoms with Gasteiger partial charge >= 0.3 is 0 Å². The number of fused-ring (bicyclic) bond motifs is 1. The Balaban J connectivity index is 1.59. The molecule has 5 rings (SSSR count). The van der Waals surface area contributed by atoms with Gasteiger partial charge in [0.1, 0.15) is 4.32 Å². The second kappa shape index (κ2) is 9.78.